The highest BCUT2D eigenvalue weighted by Gasteiger charge is 2.32. The summed E-state index contributed by atoms with van der Waals surface area (Å²) in [5.41, 5.74) is 4.19. The zero-order chi connectivity index (χ0) is 18.0. The quantitative estimate of drug-likeness (QED) is 0.890. The third-order valence-corrected chi connectivity index (χ3v) is 4.78. The van der Waals surface area contributed by atoms with E-state index in [1.165, 1.54) is 0 Å². The minimum Gasteiger partial charge on any atom is -0.351 e. The van der Waals surface area contributed by atoms with Crippen LogP contribution in [0.4, 0.5) is 0 Å². The Labute approximate surface area is 147 Å². The van der Waals surface area contributed by atoms with Crippen LogP contribution in [0.5, 0.6) is 0 Å². The van der Waals surface area contributed by atoms with Crippen LogP contribution in [-0.2, 0) is 23.1 Å². The first-order valence-corrected chi connectivity index (χ1v) is 8.55. The molecule has 1 aromatic carbocycles. The highest BCUT2D eigenvalue weighted by Crippen LogP contribution is 2.24. The molecule has 0 saturated carbocycles. The third kappa shape index (κ3) is 3.90. The average molecular weight is 340 g/mol. The lowest BCUT2D eigenvalue weighted by molar-refractivity contribution is -0.127. The van der Waals surface area contributed by atoms with Crippen LogP contribution < -0.4 is 10.6 Å². The maximum absolute atomic E-state index is 12.6. The second-order valence-corrected chi connectivity index (χ2v) is 6.79. The molecule has 2 amide bonds. The molecular weight excluding hydrogens is 316 g/mol. The number of aryl methyl sites for hydroxylation is 3. The van der Waals surface area contributed by atoms with Crippen molar-refractivity contribution in [2.45, 2.75) is 45.2 Å². The van der Waals surface area contributed by atoms with Gasteiger partial charge in [0.1, 0.15) is 0 Å². The van der Waals surface area contributed by atoms with Gasteiger partial charge < -0.3 is 15.2 Å². The second kappa shape index (κ2) is 7.09. The molecule has 2 aromatic rings. The second-order valence-electron chi connectivity index (χ2n) is 6.79. The number of hydrogen-bond acceptors (Lipinski definition) is 3. The maximum Gasteiger partial charge on any atom is 0.224 e. The fraction of sp³-hybridized carbons (Fsp3) is 0.421. The molecule has 2 N–H and O–H groups in total. The monoisotopic (exact) mass is 340 g/mol. The lowest BCUT2D eigenvalue weighted by Gasteiger charge is -2.33. The van der Waals surface area contributed by atoms with Gasteiger partial charge >= 0.3 is 0 Å². The molecule has 1 aliphatic heterocycles. The molecule has 1 saturated heterocycles. The molecule has 2 heterocycles. The van der Waals surface area contributed by atoms with Crippen molar-refractivity contribution in [3.8, 4) is 0 Å². The van der Waals surface area contributed by atoms with Gasteiger partial charge in [-0.3, -0.25) is 9.59 Å². The summed E-state index contributed by atoms with van der Waals surface area (Å²) in [5, 5.41) is 6.09. The summed E-state index contributed by atoms with van der Waals surface area (Å²) in [4.78, 5) is 28.5. The summed E-state index contributed by atoms with van der Waals surface area (Å²) >= 11 is 0. The highest BCUT2D eigenvalue weighted by atomic mass is 16.2. The Hall–Kier alpha value is -2.63. The van der Waals surface area contributed by atoms with Gasteiger partial charge in [-0.2, -0.15) is 0 Å². The van der Waals surface area contributed by atoms with E-state index in [9.17, 15) is 9.59 Å². The Morgan fingerprint density at radius 2 is 2.20 bits per heavy atom. The van der Waals surface area contributed by atoms with Crippen LogP contribution in [-0.4, -0.2) is 27.4 Å². The third-order valence-electron chi connectivity index (χ3n) is 4.78. The Morgan fingerprint density at radius 1 is 1.40 bits per heavy atom. The van der Waals surface area contributed by atoms with E-state index < -0.39 is 0 Å². The first-order valence-electron chi connectivity index (χ1n) is 8.55. The van der Waals surface area contributed by atoms with Gasteiger partial charge in [-0.15, -0.1) is 0 Å². The van der Waals surface area contributed by atoms with Gasteiger partial charge in [-0.05, 0) is 31.4 Å². The average Bonchev–Trinajstić information content (AvgIpc) is 2.98. The summed E-state index contributed by atoms with van der Waals surface area (Å²) in [5.74, 6) is -0.0201. The van der Waals surface area contributed by atoms with E-state index >= 15 is 0 Å². The zero-order valence-electron chi connectivity index (χ0n) is 14.9. The van der Waals surface area contributed by atoms with Crippen molar-refractivity contribution >= 4 is 11.8 Å². The van der Waals surface area contributed by atoms with E-state index in [0.29, 0.717) is 19.3 Å². The standard InChI is InChI=1S/C19H24N4O2/c1-12-4-5-13(2)14(8-12)9-18(25)21-15-6-7-17(24)22-19(15)16-10-20-11-23(16)3/h4-5,8,10-11,15,19H,6-7,9H2,1-3H3,(H,21,25)(H,22,24)/t15-,19-/m1/s1. The number of rotatable bonds is 4. The number of piperidine rings is 1. The number of carbonyl (C=O) groups is 2. The number of amides is 2. The van der Waals surface area contributed by atoms with Gasteiger partial charge in [0.2, 0.25) is 11.8 Å². The molecule has 0 radical (unpaired) electrons. The first-order chi connectivity index (χ1) is 11.9. The minimum atomic E-state index is -0.253. The summed E-state index contributed by atoms with van der Waals surface area (Å²) < 4.78 is 1.88. The molecule has 2 atom stereocenters. The molecule has 0 spiro atoms. The Morgan fingerprint density at radius 3 is 2.92 bits per heavy atom. The van der Waals surface area contributed by atoms with E-state index in [4.69, 9.17) is 0 Å². The van der Waals surface area contributed by atoms with Crippen molar-refractivity contribution in [3.05, 3.63) is 53.1 Å². The van der Waals surface area contributed by atoms with E-state index in [2.05, 4.69) is 21.7 Å². The summed E-state index contributed by atoms with van der Waals surface area (Å²) in [6.07, 6.45) is 4.82. The SMILES string of the molecule is Cc1ccc(C)c(CC(=O)N[C@@H]2CCC(=O)N[C@H]2c2cncn2C)c1. The van der Waals surface area contributed by atoms with Gasteiger partial charge in [0.05, 0.1) is 36.7 Å². The van der Waals surface area contributed by atoms with Gasteiger partial charge in [-0.1, -0.05) is 23.8 Å². The van der Waals surface area contributed by atoms with Gasteiger partial charge in [0.15, 0.2) is 0 Å². The molecule has 0 unspecified atom stereocenters. The predicted octanol–water partition coefficient (Wildman–Crippen LogP) is 1.72. The molecule has 6 nitrogen and oxygen atoms in total. The fourth-order valence-electron chi connectivity index (χ4n) is 3.32. The predicted molar refractivity (Wildman–Crippen MR) is 94.9 cm³/mol. The summed E-state index contributed by atoms with van der Waals surface area (Å²) in [7, 11) is 1.89. The van der Waals surface area contributed by atoms with Crippen molar-refractivity contribution in [2.75, 3.05) is 0 Å². The van der Waals surface area contributed by atoms with Crippen molar-refractivity contribution in [1.82, 2.24) is 20.2 Å². The highest BCUT2D eigenvalue weighted by molar-refractivity contribution is 5.81. The van der Waals surface area contributed by atoms with Crippen molar-refractivity contribution < 1.29 is 9.59 Å². The van der Waals surface area contributed by atoms with E-state index in [1.807, 2.05) is 37.6 Å². The number of benzene rings is 1. The van der Waals surface area contributed by atoms with Crippen LogP contribution >= 0.6 is 0 Å². The molecule has 3 rings (SSSR count). The van der Waals surface area contributed by atoms with Crippen LogP contribution in [0.1, 0.15) is 41.3 Å². The van der Waals surface area contributed by atoms with Crippen LogP contribution in [0.3, 0.4) is 0 Å². The topological polar surface area (TPSA) is 76.0 Å². The summed E-state index contributed by atoms with van der Waals surface area (Å²) in [6, 6.07) is 5.75. The van der Waals surface area contributed by atoms with Gasteiger partial charge in [-0.25, -0.2) is 4.98 Å². The molecule has 1 aliphatic rings. The zero-order valence-corrected chi connectivity index (χ0v) is 14.9. The largest absolute Gasteiger partial charge is 0.351 e. The first kappa shape index (κ1) is 17.2. The van der Waals surface area contributed by atoms with Crippen molar-refractivity contribution in [3.63, 3.8) is 0 Å². The lowest BCUT2D eigenvalue weighted by atomic mass is 9.95. The molecule has 1 aromatic heterocycles. The number of hydrogen-bond donors (Lipinski definition) is 2. The maximum atomic E-state index is 12.6. The molecule has 6 heteroatoms. The number of nitrogens with zero attached hydrogens (tertiary/aromatic N) is 2. The van der Waals surface area contributed by atoms with Crippen molar-refractivity contribution in [1.29, 1.82) is 0 Å². The normalized spacial score (nSPS) is 20.2. The lowest BCUT2D eigenvalue weighted by Crippen LogP contribution is -2.51. The Bertz CT molecular complexity index is 796. The van der Waals surface area contributed by atoms with Crippen LogP contribution in [0.15, 0.2) is 30.7 Å². The Kier molecular flexibility index (Phi) is 4.88. The van der Waals surface area contributed by atoms with E-state index in [1.54, 1.807) is 12.5 Å². The fourth-order valence-corrected chi connectivity index (χ4v) is 3.32. The smallest absolute Gasteiger partial charge is 0.224 e. The van der Waals surface area contributed by atoms with E-state index in [0.717, 1.165) is 22.4 Å². The molecular formula is C19H24N4O2. The van der Waals surface area contributed by atoms with Crippen LogP contribution in [0, 0.1) is 13.8 Å². The van der Waals surface area contributed by atoms with Crippen molar-refractivity contribution in [2.24, 2.45) is 7.05 Å². The molecule has 132 valence electrons. The number of nitrogens with one attached hydrogen (secondary N) is 2. The van der Waals surface area contributed by atoms with Crippen LogP contribution in [0.2, 0.25) is 0 Å². The number of aromatic nitrogens is 2. The Balaban J connectivity index is 1.73. The molecule has 0 bridgehead atoms. The molecule has 25 heavy (non-hydrogen) atoms. The van der Waals surface area contributed by atoms with Gasteiger partial charge in [0, 0.05) is 13.5 Å². The summed E-state index contributed by atoms with van der Waals surface area (Å²) in [6.45, 7) is 4.04. The van der Waals surface area contributed by atoms with E-state index in [-0.39, 0.29) is 23.9 Å². The minimum absolute atomic E-state index is 0.00577. The van der Waals surface area contributed by atoms with Gasteiger partial charge in [0.25, 0.3) is 0 Å². The van der Waals surface area contributed by atoms with Crippen LogP contribution in [0.25, 0.3) is 0 Å². The molecule has 0 aliphatic carbocycles. The molecule has 1 fully saturated rings. The number of imidazole rings is 1. The number of carbonyl (C=O) groups excluding carboxylic acids is 2.